The van der Waals surface area contributed by atoms with Gasteiger partial charge in [0.25, 0.3) is 0 Å². The average Bonchev–Trinajstić information content (AvgIpc) is 2.16. The fourth-order valence-electron chi connectivity index (χ4n) is 1.91. The van der Waals surface area contributed by atoms with Gasteiger partial charge < -0.3 is 5.11 Å². The Morgan fingerprint density at radius 1 is 1.47 bits per heavy atom. The molecule has 78 valence electrons. The minimum absolute atomic E-state index is 0.141. The summed E-state index contributed by atoms with van der Waals surface area (Å²) in [5.74, 6) is 0.141. The van der Waals surface area contributed by atoms with Crippen LogP contribution in [0.15, 0.2) is 23.2 Å². The standard InChI is InChI=1S/C11H10ClNO2/c12-10-3-2-8(15)6-9(10)11(13-7-14)4-1-5-11/h2-3,6,15H,1,4-5H2. The van der Waals surface area contributed by atoms with E-state index >= 15 is 0 Å². The summed E-state index contributed by atoms with van der Waals surface area (Å²) in [5, 5.41) is 9.92. The van der Waals surface area contributed by atoms with E-state index in [0.29, 0.717) is 5.02 Å². The highest BCUT2D eigenvalue weighted by Crippen LogP contribution is 2.47. The molecular weight excluding hydrogens is 214 g/mol. The van der Waals surface area contributed by atoms with E-state index < -0.39 is 5.54 Å². The minimum Gasteiger partial charge on any atom is -0.508 e. The number of hydrogen-bond donors (Lipinski definition) is 1. The molecule has 0 aliphatic heterocycles. The number of carbonyl (C=O) groups excluding carboxylic acids is 1. The van der Waals surface area contributed by atoms with Crippen molar-refractivity contribution in [2.45, 2.75) is 24.8 Å². The second-order valence-corrected chi connectivity index (χ2v) is 4.16. The van der Waals surface area contributed by atoms with Crippen LogP contribution in [0.1, 0.15) is 24.8 Å². The first kappa shape index (κ1) is 10.2. The predicted octanol–water partition coefficient (Wildman–Crippen LogP) is 2.76. The van der Waals surface area contributed by atoms with Crippen molar-refractivity contribution in [1.29, 1.82) is 0 Å². The summed E-state index contributed by atoms with van der Waals surface area (Å²) in [4.78, 5) is 14.2. The van der Waals surface area contributed by atoms with Crippen molar-refractivity contribution in [3.63, 3.8) is 0 Å². The molecule has 15 heavy (non-hydrogen) atoms. The Kier molecular flexibility index (Phi) is 2.51. The molecule has 0 bridgehead atoms. The zero-order chi connectivity index (χ0) is 10.9. The van der Waals surface area contributed by atoms with Crippen LogP contribution in [0.4, 0.5) is 0 Å². The molecule has 4 heteroatoms. The smallest absolute Gasteiger partial charge is 0.235 e. The zero-order valence-electron chi connectivity index (χ0n) is 8.03. The van der Waals surface area contributed by atoms with Crippen LogP contribution in [0.5, 0.6) is 5.75 Å². The van der Waals surface area contributed by atoms with E-state index in [4.69, 9.17) is 11.6 Å². The molecule has 0 saturated heterocycles. The number of phenolic OH excluding ortho intramolecular Hbond substituents is 1. The van der Waals surface area contributed by atoms with Gasteiger partial charge >= 0.3 is 0 Å². The molecule has 1 N–H and O–H groups in total. The largest absolute Gasteiger partial charge is 0.508 e. The number of isocyanates is 1. The highest BCUT2D eigenvalue weighted by molar-refractivity contribution is 6.31. The SMILES string of the molecule is O=C=NC1(c2cc(O)ccc2Cl)CCC1. The molecule has 0 spiro atoms. The lowest BCUT2D eigenvalue weighted by Crippen LogP contribution is -2.32. The van der Waals surface area contributed by atoms with Gasteiger partial charge in [-0.05, 0) is 37.5 Å². The summed E-state index contributed by atoms with van der Waals surface area (Å²) in [6.07, 6.45) is 4.17. The number of phenols is 1. The molecule has 1 saturated carbocycles. The molecular formula is C11H10ClNO2. The van der Waals surface area contributed by atoms with Gasteiger partial charge in [0, 0.05) is 10.6 Å². The van der Waals surface area contributed by atoms with E-state index in [1.807, 2.05) is 0 Å². The third kappa shape index (κ3) is 1.65. The maximum absolute atomic E-state index is 10.4. The molecule has 1 aliphatic rings. The van der Waals surface area contributed by atoms with Gasteiger partial charge in [-0.1, -0.05) is 11.6 Å². The summed E-state index contributed by atoms with van der Waals surface area (Å²) in [6.45, 7) is 0. The van der Waals surface area contributed by atoms with Crippen LogP contribution in [0.3, 0.4) is 0 Å². The van der Waals surface area contributed by atoms with Crippen molar-refractivity contribution >= 4 is 17.7 Å². The van der Waals surface area contributed by atoms with Crippen LogP contribution >= 0.6 is 11.6 Å². The predicted molar refractivity (Wildman–Crippen MR) is 56.8 cm³/mol. The third-order valence-corrected chi connectivity index (χ3v) is 3.22. The Balaban J connectivity index is 2.51. The van der Waals surface area contributed by atoms with Gasteiger partial charge in [0.15, 0.2) is 0 Å². The van der Waals surface area contributed by atoms with Crippen LogP contribution in [-0.4, -0.2) is 11.2 Å². The molecule has 0 aromatic heterocycles. The quantitative estimate of drug-likeness (QED) is 0.619. The highest BCUT2D eigenvalue weighted by Gasteiger charge is 2.40. The molecule has 3 nitrogen and oxygen atoms in total. The van der Waals surface area contributed by atoms with Gasteiger partial charge in [-0.25, -0.2) is 4.79 Å². The molecule has 1 aliphatic carbocycles. The number of hydrogen-bond acceptors (Lipinski definition) is 3. The number of halogens is 1. The molecule has 1 aromatic carbocycles. The van der Waals surface area contributed by atoms with E-state index in [1.54, 1.807) is 18.2 Å². The van der Waals surface area contributed by atoms with Gasteiger partial charge in [-0.2, -0.15) is 4.99 Å². The monoisotopic (exact) mass is 223 g/mol. The van der Waals surface area contributed by atoms with E-state index in [1.165, 1.54) is 6.07 Å². The fraction of sp³-hybridized carbons (Fsp3) is 0.364. The third-order valence-electron chi connectivity index (χ3n) is 2.89. The van der Waals surface area contributed by atoms with Gasteiger partial charge in [0.1, 0.15) is 5.75 Å². The molecule has 0 atom stereocenters. The van der Waals surface area contributed by atoms with Crippen LogP contribution in [0.25, 0.3) is 0 Å². The summed E-state index contributed by atoms with van der Waals surface area (Å²) >= 11 is 6.03. The number of nitrogens with zero attached hydrogens (tertiary/aromatic N) is 1. The second kappa shape index (κ2) is 3.69. The van der Waals surface area contributed by atoms with Crippen molar-refractivity contribution in [3.05, 3.63) is 28.8 Å². The summed E-state index contributed by atoms with van der Waals surface area (Å²) < 4.78 is 0. The molecule has 2 rings (SSSR count). The average molecular weight is 224 g/mol. The first-order valence-corrected chi connectivity index (χ1v) is 5.14. The lowest BCUT2D eigenvalue weighted by molar-refractivity contribution is 0.255. The van der Waals surface area contributed by atoms with Crippen LogP contribution < -0.4 is 0 Å². The summed E-state index contributed by atoms with van der Waals surface area (Å²) in [6, 6.07) is 4.71. The van der Waals surface area contributed by atoms with Crippen LogP contribution in [-0.2, 0) is 10.3 Å². The van der Waals surface area contributed by atoms with Gasteiger partial charge in [0.2, 0.25) is 6.08 Å². The topological polar surface area (TPSA) is 49.7 Å². The maximum Gasteiger partial charge on any atom is 0.235 e. The van der Waals surface area contributed by atoms with Crippen molar-refractivity contribution in [2.75, 3.05) is 0 Å². The molecule has 0 heterocycles. The van der Waals surface area contributed by atoms with Crippen LogP contribution in [0, 0.1) is 0 Å². The molecule has 0 unspecified atom stereocenters. The highest BCUT2D eigenvalue weighted by atomic mass is 35.5. The Morgan fingerprint density at radius 3 is 2.73 bits per heavy atom. The number of benzene rings is 1. The normalized spacial score (nSPS) is 17.7. The van der Waals surface area contributed by atoms with E-state index in [-0.39, 0.29) is 5.75 Å². The van der Waals surface area contributed by atoms with Crippen molar-refractivity contribution in [3.8, 4) is 5.75 Å². The molecule has 0 amide bonds. The van der Waals surface area contributed by atoms with Gasteiger partial charge in [0.05, 0.1) is 5.54 Å². The maximum atomic E-state index is 10.4. The van der Waals surface area contributed by atoms with E-state index in [0.717, 1.165) is 24.8 Å². The Labute approximate surface area is 92.4 Å². The van der Waals surface area contributed by atoms with Gasteiger partial charge in [-0.15, -0.1) is 0 Å². The van der Waals surface area contributed by atoms with E-state index in [9.17, 15) is 9.90 Å². The van der Waals surface area contributed by atoms with E-state index in [2.05, 4.69) is 4.99 Å². The van der Waals surface area contributed by atoms with Crippen LogP contribution in [0.2, 0.25) is 5.02 Å². The molecule has 1 fully saturated rings. The van der Waals surface area contributed by atoms with Crippen molar-refractivity contribution in [2.24, 2.45) is 4.99 Å². The lowest BCUT2D eigenvalue weighted by Gasteiger charge is -2.37. The Bertz CT molecular complexity index is 434. The summed E-state index contributed by atoms with van der Waals surface area (Å²) in [7, 11) is 0. The number of rotatable bonds is 2. The first-order chi connectivity index (χ1) is 7.18. The fourth-order valence-corrected chi connectivity index (χ4v) is 2.20. The first-order valence-electron chi connectivity index (χ1n) is 4.76. The molecule has 0 radical (unpaired) electrons. The Hall–Kier alpha value is -1.31. The second-order valence-electron chi connectivity index (χ2n) is 3.75. The molecule has 1 aromatic rings. The van der Waals surface area contributed by atoms with Crippen molar-refractivity contribution in [1.82, 2.24) is 0 Å². The van der Waals surface area contributed by atoms with Crippen molar-refractivity contribution < 1.29 is 9.90 Å². The minimum atomic E-state index is -0.544. The number of aliphatic imine (C=N–C) groups is 1. The zero-order valence-corrected chi connectivity index (χ0v) is 8.79. The van der Waals surface area contributed by atoms with Gasteiger partial charge in [-0.3, -0.25) is 0 Å². The lowest BCUT2D eigenvalue weighted by atomic mass is 9.72. The number of aromatic hydroxyl groups is 1. The Morgan fingerprint density at radius 2 is 2.20 bits per heavy atom. The summed E-state index contributed by atoms with van der Waals surface area (Å²) in [5.41, 5.74) is 0.177.